The fourth-order valence-electron chi connectivity index (χ4n) is 4.29. The van der Waals surface area contributed by atoms with Crippen LogP contribution in [0.15, 0.2) is 94.5 Å². The first-order chi connectivity index (χ1) is 18.0. The molecule has 2 aromatic heterocycles. The minimum atomic E-state index is -0.645. The molecule has 0 bridgehead atoms. The van der Waals surface area contributed by atoms with Crippen molar-refractivity contribution in [1.82, 2.24) is 19.7 Å². The Morgan fingerprint density at radius 3 is 2.03 bits per heavy atom. The van der Waals surface area contributed by atoms with E-state index in [1.54, 1.807) is 38.3 Å². The molecule has 8 heteroatoms. The summed E-state index contributed by atoms with van der Waals surface area (Å²) in [4.78, 5) is 31.8. The molecule has 0 spiro atoms. The van der Waals surface area contributed by atoms with Gasteiger partial charge < -0.3 is 4.74 Å². The van der Waals surface area contributed by atoms with Gasteiger partial charge in [-0.25, -0.2) is 10.1 Å². The van der Waals surface area contributed by atoms with Crippen LogP contribution < -0.4 is 15.9 Å². The zero-order valence-electron chi connectivity index (χ0n) is 20.1. The van der Waals surface area contributed by atoms with Gasteiger partial charge in [0, 0.05) is 16.7 Å². The number of hydrogen-bond donors (Lipinski definition) is 1. The van der Waals surface area contributed by atoms with Crippen LogP contribution in [0.2, 0.25) is 0 Å². The summed E-state index contributed by atoms with van der Waals surface area (Å²) in [6, 6.07) is 27.5. The largest absolute Gasteiger partial charge is 0.497 e. The van der Waals surface area contributed by atoms with E-state index in [9.17, 15) is 14.9 Å². The van der Waals surface area contributed by atoms with E-state index in [2.05, 4.69) is 15.2 Å². The van der Waals surface area contributed by atoms with E-state index in [1.165, 1.54) is 4.57 Å². The quantitative estimate of drug-likeness (QED) is 0.390. The zero-order chi connectivity index (χ0) is 25.9. The first-order valence-corrected chi connectivity index (χ1v) is 11.5. The molecule has 0 unspecified atom stereocenters. The van der Waals surface area contributed by atoms with Crippen molar-refractivity contribution < 1.29 is 4.74 Å². The number of nitriles is 1. The van der Waals surface area contributed by atoms with E-state index >= 15 is 0 Å². The average molecular weight is 488 g/mol. The molecular weight excluding hydrogens is 466 g/mol. The van der Waals surface area contributed by atoms with E-state index in [0.717, 1.165) is 5.56 Å². The number of aromatic nitrogens is 4. The Kier molecular flexibility index (Phi) is 6.18. The van der Waals surface area contributed by atoms with Crippen LogP contribution in [0.4, 0.5) is 0 Å². The molecule has 0 amide bonds. The molecule has 0 saturated carbocycles. The number of benzene rings is 3. The highest BCUT2D eigenvalue weighted by atomic mass is 16.5. The second kappa shape index (κ2) is 9.76. The predicted octanol–water partition coefficient (Wildman–Crippen LogP) is 4.51. The lowest BCUT2D eigenvalue weighted by Gasteiger charge is -2.18. The summed E-state index contributed by atoms with van der Waals surface area (Å²) in [6.07, 6.45) is 0. The number of H-pyrrole nitrogens is 1. The standard InChI is InChI=1S/C29H21N5O3/c1-18-31-25(21-13-15-22(37-2)16-14-21)23(17-30)29(36)34(18)27-24(19-9-5-3-6-10-19)26(32-33-28(27)35)20-11-7-4-8-12-20/h3-16H,1-2H3,(H,33,35). The van der Waals surface area contributed by atoms with Crippen molar-refractivity contribution in [2.24, 2.45) is 0 Å². The van der Waals surface area contributed by atoms with Gasteiger partial charge in [-0.3, -0.25) is 14.2 Å². The Morgan fingerprint density at radius 2 is 1.43 bits per heavy atom. The number of aromatic amines is 1. The van der Waals surface area contributed by atoms with Crippen LogP contribution in [0.1, 0.15) is 11.4 Å². The molecule has 0 aliphatic heterocycles. The second-order valence-electron chi connectivity index (χ2n) is 8.22. The molecule has 37 heavy (non-hydrogen) atoms. The third-order valence-corrected chi connectivity index (χ3v) is 6.02. The number of ether oxygens (including phenoxy) is 1. The zero-order valence-corrected chi connectivity index (χ0v) is 20.1. The molecule has 0 aliphatic carbocycles. The topological polar surface area (TPSA) is 114 Å². The number of hydrogen-bond acceptors (Lipinski definition) is 6. The maximum absolute atomic E-state index is 13.8. The summed E-state index contributed by atoms with van der Waals surface area (Å²) in [5, 5.41) is 16.9. The highest BCUT2D eigenvalue weighted by Gasteiger charge is 2.24. The number of rotatable bonds is 5. The Morgan fingerprint density at radius 1 is 0.838 bits per heavy atom. The molecule has 8 nitrogen and oxygen atoms in total. The average Bonchev–Trinajstić information content (AvgIpc) is 2.94. The first kappa shape index (κ1) is 23.5. The molecule has 2 heterocycles. The maximum Gasteiger partial charge on any atom is 0.289 e. The van der Waals surface area contributed by atoms with Gasteiger partial charge in [0.05, 0.1) is 12.8 Å². The molecule has 0 fully saturated rings. The molecule has 3 aromatic carbocycles. The van der Waals surface area contributed by atoms with Crippen molar-refractivity contribution in [3.63, 3.8) is 0 Å². The van der Waals surface area contributed by atoms with E-state index in [1.807, 2.05) is 66.7 Å². The number of nitrogens with zero attached hydrogens (tertiary/aromatic N) is 4. The Labute approximate surface area is 212 Å². The van der Waals surface area contributed by atoms with Gasteiger partial charge in [0.2, 0.25) is 0 Å². The fourth-order valence-corrected chi connectivity index (χ4v) is 4.29. The lowest BCUT2D eigenvalue weighted by molar-refractivity contribution is 0.415. The van der Waals surface area contributed by atoms with Gasteiger partial charge in [-0.05, 0) is 36.8 Å². The summed E-state index contributed by atoms with van der Waals surface area (Å²) < 4.78 is 6.40. The van der Waals surface area contributed by atoms with Crippen molar-refractivity contribution in [2.75, 3.05) is 7.11 Å². The molecule has 0 aliphatic rings. The van der Waals surface area contributed by atoms with Crippen LogP contribution >= 0.6 is 0 Å². The highest BCUT2D eigenvalue weighted by molar-refractivity contribution is 5.86. The van der Waals surface area contributed by atoms with Crippen LogP contribution in [-0.2, 0) is 0 Å². The van der Waals surface area contributed by atoms with Crippen LogP contribution in [0.5, 0.6) is 5.75 Å². The number of methoxy groups -OCH3 is 1. The molecule has 5 rings (SSSR count). The highest BCUT2D eigenvalue weighted by Crippen LogP contribution is 2.33. The lowest BCUT2D eigenvalue weighted by Crippen LogP contribution is -2.31. The SMILES string of the molecule is COc1ccc(-c2nc(C)n(-c3c(-c4ccccc4)c(-c4ccccc4)n[nH]c3=O)c(=O)c2C#N)cc1. The Bertz CT molecular complexity index is 1750. The van der Waals surface area contributed by atoms with Crippen LogP contribution in [0.3, 0.4) is 0 Å². The van der Waals surface area contributed by atoms with Crippen molar-refractivity contribution >= 4 is 0 Å². The van der Waals surface area contributed by atoms with E-state index in [-0.39, 0.29) is 22.8 Å². The summed E-state index contributed by atoms with van der Waals surface area (Å²) in [7, 11) is 1.56. The summed E-state index contributed by atoms with van der Waals surface area (Å²) in [5.74, 6) is 0.888. The number of aryl methyl sites for hydroxylation is 1. The molecule has 5 aromatic rings. The summed E-state index contributed by atoms with van der Waals surface area (Å²) in [6.45, 7) is 1.63. The van der Waals surface area contributed by atoms with Gasteiger partial charge in [0.1, 0.15) is 34.6 Å². The van der Waals surface area contributed by atoms with Crippen LogP contribution in [0, 0.1) is 18.3 Å². The number of nitrogens with one attached hydrogen (secondary N) is 1. The van der Waals surface area contributed by atoms with E-state index in [0.29, 0.717) is 28.1 Å². The van der Waals surface area contributed by atoms with Gasteiger partial charge in [0.15, 0.2) is 0 Å². The smallest absolute Gasteiger partial charge is 0.289 e. The van der Waals surface area contributed by atoms with Crippen LogP contribution in [0.25, 0.3) is 39.3 Å². The van der Waals surface area contributed by atoms with Gasteiger partial charge >= 0.3 is 0 Å². The lowest BCUT2D eigenvalue weighted by atomic mass is 9.98. The third-order valence-electron chi connectivity index (χ3n) is 6.02. The minimum absolute atomic E-state index is 0.0489. The molecule has 1 N–H and O–H groups in total. The normalized spacial score (nSPS) is 10.6. The van der Waals surface area contributed by atoms with Gasteiger partial charge in [-0.15, -0.1) is 0 Å². The second-order valence-corrected chi connectivity index (χ2v) is 8.22. The summed E-state index contributed by atoms with van der Waals surface area (Å²) in [5.41, 5.74) is 1.88. The minimum Gasteiger partial charge on any atom is -0.497 e. The van der Waals surface area contributed by atoms with E-state index in [4.69, 9.17) is 4.74 Å². The molecular formula is C29H21N5O3. The van der Waals surface area contributed by atoms with Crippen molar-refractivity contribution in [3.05, 3.63) is 117 Å². The van der Waals surface area contributed by atoms with Gasteiger partial charge in [0.25, 0.3) is 11.1 Å². The van der Waals surface area contributed by atoms with Crippen molar-refractivity contribution in [1.29, 1.82) is 5.26 Å². The maximum atomic E-state index is 13.8. The third kappa shape index (κ3) is 4.19. The fraction of sp³-hybridized carbons (Fsp3) is 0.0690. The molecule has 0 radical (unpaired) electrons. The van der Waals surface area contributed by atoms with Crippen LogP contribution in [-0.4, -0.2) is 26.9 Å². The first-order valence-electron chi connectivity index (χ1n) is 11.5. The van der Waals surface area contributed by atoms with Gasteiger partial charge in [-0.2, -0.15) is 10.4 Å². The Balaban J connectivity index is 1.85. The van der Waals surface area contributed by atoms with Gasteiger partial charge in [-0.1, -0.05) is 60.7 Å². The van der Waals surface area contributed by atoms with Crippen molar-refractivity contribution in [2.45, 2.75) is 6.92 Å². The predicted molar refractivity (Wildman–Crippen MR) is 141 cm³/mol. The Hall–Kier alpha value is -5.29. The molecule has 180 valence electrons. The van der Waals surface area contributed by atoms with Crippen molar-refractivity contribution in [3.8, 4) is 51.1 Å². The monoisotopic (exact) mass is 487 g/mol. The molecule has 0 saturated heterocycles. The van der Waals surface area contributed by atoms with E-state index < -0.39 is 11.1 Å². The summed E-state index contributed by atoms with van der Waals surface area (Å²) >= 11 is 0. The molecule has 0 atom stereocenters.